The van der Waals surface area contributed by atoms with Crippen LogP contribution in [-0.4, -0.2) is 30.9 Å². The van der Waals surface area contributed by atoms with Gasteiger partial charge in [0, 0.05) is 30.4 Å². The normalized spacial score (nSPS) is 16.0. The number of fused-ring (bicyclic) bond motifs is 1. The maximum Gasteiger partial charge on any atom is 0.246 e. The topological polar surface area (TPSA) is 66.6 Å². The van der Waals surface area contributed by atoms with Crippen LogP contribution in [0.3, 0.4) is 0 Å². The highest BCUT2D eigenvalue weighted by Gasteiger charge is 2.27. The number of nitrogens with two attached hydrogens (primary N) is 1. The predicted octanol–water partition coefficient (Wildman–Crippen LogP) is 2.74. The molecule has 2 aromatic rings. The molecule has 0 radical (unpaired) electrons. The van der Waals surface area contributed by atoms with Crippen molar-refractivity contribution in [2.75, 3.05) is 22.9 Å². The Morgan fingerprint density at radius 2 is 1.81 bits per heavy atom. The number of primary amides is 1. The molecule has 1 heterocycles. The summed E-state index contributed by atoms with van der Waals surface area (Å²) in [7, 11) is 0. The smallest absolute Gasteiger partial charge is 0.246 e. The van der Waals surface area contributed by atoms with Gasteiger partial charge in [-0.25, -0.2) is 0 Å². The Hall–Kier alpha value is -2.82. The summed E-state index contributed by atoms with van der Waals surface area (Å²) in [6.07, 6.45) is 2.20. The first-order chi connectivity index (χ1) is 12.6. The number of amides is 2. The van der Waals surface area contributed by atoms with Gasteiger partial charge in [-0.2, -0.15) is 0 Å². The molecule has 0 spiro atoms. The van der Waals surface area contributed by atoms with Gasteiger partial charge in [-0.15, -0.1) is 0 Å². The number of hydrogen-bond acceptors (Lipinski definition) is 3. The highest BCUT2D eigenvalue weighted by Crippen LogP contribution is 2.30. The van der Waals surface area contributed by atoms with Crippen molar-refractivity contribution in [3.05, 3.63) is 60.2 Å². The molecule has 26 heavy (non-hydrogen) atoms. The number of hydrogen-bond donors (Lipinski definition) is 1. The third-order valence-electron chi connectivity index (χ3n) is 4.92. The summed E-state index contributed by atoms with van der Waals surface area (Å²) in [5.74, 6) is -0.434. The van der Waals surface area contributed by atoms with Gasteiger partial charge in [-0.05, 0) is 43.5 Å². The lowest BCUT2D eigenvalue weighted by Gasteiger charge is -2.38. The van der Waals surface area contributed by atoms with Gasteiger partial charge in [0.1, 0.15) is 0 Å². The predicted molar refractivity (Wildman–Crippen MR) is 104 cm³/mol. The Morgan fingerprint density at radius 3 is 2.54 bits per heavy atom. The summed E-state index contributed by atoms with van der Waals surface area (Å²) in [5.41, 5.74) is 8.50. The van der Waals surface area contributed by atoms with E-state index < -0.39 is 5.91 Å². The van der Waals surface area contributed by atoms with Crippen molar-refractivity contribution in [1.29, 1.82) is 0 Å². The number of carbonyl (C=O) groups excluding carboxylic acids is 2. The average molecular weight is 351 g/mol. The van der Waals surface area contributed by atoms with Gasteiger partial charge in [-0.3, -0.25) is 9.59 Å². The second kappa shape index (κ2) is 8.04. The molecule has 5 heteroatoms. The van der Waals surface area contributed by atoms with Crippen molar-refractivity contribution < 1.29 is 9.59 Å². The van der Waals surface area contributed by atoms with Gasteiger partial charge >= 0.3 is 0 Å². The van der Waals surface area contributed by atoms with Gasteiger partial charge < -0.3 is 15.5 Å². The van der Waals surface area contributed by atoms with Crippen LogP contribution in [-0.2, 0) is 16.0 Å². The molecule has 0 bridgehead atoms. The molecular weight excluding hydrogens is 326 g/mol. The SMILES string of the molecule is CC1CCc2ccccc2N1CC(=O)N(CCC(N)=O)c1ccccc1. The average Bonchev–Trinajstić information content (AvgIpc) is 2.65. The molecule has 1 unspecified atom stereocenters. The van der Waals surface area contributed by atoms with Crippen LogP contribution >= 0.6 is 0 Å². The van der Waals surface area contributed by atoms with E-state index in [0.717, 1.165) is 24.2 Å². The molecule has 1 aliphatic heterocycles. The van der Waals surface area contributed by atoms with E-state index in [9.17, 15) is 9.59 Å². The van der Waals surface area contributed by atoms with E-state index in [1.54, 1.807) is 4.90 Å². The van der Waals surface area contributed by atoms with E-state index in [1.807, 2.05) is 42.5 Å². The van der Waals surface area contributed by atoms with Crippen LogP contribution in [0, 0.1) is 0 Å². The quantitative estimate of drug-likeness (QED) is 0.870. The van der Waals surface area contributed by atoms with E-state index in [2.05, 4.69) is 24.0 Å². The Kier molecular flexibility index (Phi) is 5.56. The van der Waals surface area contributed by atoms with E-state index >= 15 is 0 Å². The minimum atomic E-state index is -0.407. The third kappa shape index (κ3) is 4.04. The van der Waals surface area contributed by atoms with Gasteiger partial charge in [0.05, 0.1) is 6.54 Å². The largest absolute Gasteiger partial charge is 0.370 e. The minimum absolute atomic E-state index is 0.0268. The van der Waals surface area contributed by atoms with Gasteiger partial charge in [0.15, 0.2) is 0 Å². The van der Waals surface area contributed by atoms with E-state index in [-0.39, 0.29) is 18.9 Å². The zero-order valence-electron chi connectivity index (χ0n) is 15.1. The lowest BCUT2D eigenvalue weighted by Crippen LogP contribution is -2.46. The summed E-state index contributed by atoms with van der Waals surface area (Å²) >= 11 is 0. The standard InChI is InChI=1S/C21H25N3O2/c1-16-11-12-17-7-5-6-10-19(17)24(16)15-21(26)23(14-13-20(22)25)18-8-3-2-4-9-18/h2-10,16H,11-15H2,1H3,(H2,22,25). The number of benzene rings is 2. The molecule has 3 rings (SSSR count). The second-order valence-corrected chi connectivity index (χ2v) is 6.74. The molecule has 0 aromatic heterocycles. The van der Waals surface area contributed by atoms with Gasteiger partial charge in [0.25, 0.3) is 0 Å². The molecular formula is C21H25N3O2. The van der Waals surface area contributed by atoms with Crippen molar-refractivity contribution in [1.82, 2.24) is 0 Å². The lowest BCUT2D eigenvalue weighted by atomic mass is 9.96. The number of carbonyl (C=O) groups is 2. The number of aryl methyl sites for hydroxylation is 1. The minimum Gasteiger partial charge on any atom is -0.370 e. The van der Waals surface area contributed by atoms with Crippen LogP contribution in [0.2, 0.25) is 0 Å². The Balaban J connectivity index is 1.82. The lowest BCUT2D eigenvalue weighted by molar-refractivity contribution is -0.118. The molecule has 2 N–H and O–H groups in total. The number of anilines is 2. The monoisotopic (exact) mass is 351 g/mol. The maximum atomic E-state index is 13.1. The fourth-order valence-corrected chi connectivity index (χ4v) is 3.46. The zero-order valence-corrected chi connectivity index (χ0v) is 15.1. The Morgan fingerprint density at radius 1 is 1.12 bits per heavy atom. The fourth-order valence-electron chi connectivity index (χ4n) is 3.46. The van der Waals surface area contributed by atoms with Crippen molar-refractivity contribution >= 4 is 23.2 Å². The van der Waals surface area contributed by atoms with Crippen LogP contribution in [0.5, 0.6) is 0 Å². The molecule has 2 amide bonds. The summed E-state index contributed by atoms with van der Waals surface area (Å²) < 4.78 is 0. The highest BCUT2D eigenvalue weighted by molar-refractivity contribution is 5.97. The molecule has 1 atom stereocenters. The number of para-hydroxylation sites is 2. The zero-order chi connectivity index (χ0) is 18.5. The molecule has 0 saturated carbocycles. The first-order valence-electron chi connectivity index (χ1n) is 9.04. The van der Waals surface area contributed by atoms with E-state index in [1.165, 1.54) is 5.56 Å². The van der Waals surface area contributed by atoms with Crippen molar-refractivity contribution in [3.63, 3.8) is 0 Å². The van der Waals surface area contributed by atoms with Gasteiger partial charge in [-0.1, -0.05) is 36.4 Å². The first-order valence-corrected chi connectivity index (χ1v) is 9.04. The molecule has 2 aromatic carbocycles. The van der Waals surface area contributed by atoms with Crippen molar-refractivity contribution in [2.24, 2.45) is 5.73 Å². The van der Waals surface area contributed by atoms with Crippen LogP contribution < -0.4 is 15.5 Å². The van der Waals surface area contributed by atoms with Crippen LogP contribution in [0.4, 0.5) is 11.4 Å². The molecule has 136 valence electrons. The van der Waals surface area contributed by atoms with E-state index in [4.69, 9.17) is 5.73 Å². The summed E-state index contributed by atoms with van der Waals surface area (Å²) in [4.78, 5) is 28.2. The molecule has 0 fully saturated rings. The molecule has 0 saturated heterocycles. The summed E-state index contributed by atoms with van der Waals surface area (Å²) in [6.45, 7) is 2.73. The van der Waals surface area contributed by atoms with Crippen molar-refractivity contribution in [2.45, 2.75) is 32.2 Å². The number of rotatable bonds is 6. The first kappa shape index (κ1) is 18.0. The maximum absolute atomic E-state index is 13.1. The molecule has 1 aliphatic rings. The third-order valence-corrected chi connectivity index (χ3v) is 4.92. The molecule has 0 aliphatic carbocycles. The van der Waals surface area contributed by atoms with Crippen molar-refractivity contribution in [3.8, 4) is 0 Å². The summed E-state index contributed by atoms with van der Waals surface area (Å²) in [6, 6.07) is 18.0. The van der Waals surface area contributed by atoms with Crippen LogP contribution in [0.25, 0.3) is 0 Å². The highest BCUT2D eigenvalue weighted by atomic mass is 16.2. The van der Waals surface area contributed by atoms with Crippen LogP contribution in [0.15, 0.2) is 54.6 Å². The fraction of sp³-hybridized carbons (Fsp3) is 0.333. The Bertz CT molecular complexity index is 776. The van der Waals surface area contributed by atoms with Crippen LogP contribution in [0.1, 0.15) is 25.3 Å². The summed E-state index contributed by atoms with van der Waals surface area (Å²) in [5, 5.41) is 0. The number of nitrogens with zero attached hydrogens (tertiary/aromatic N) is 2. The van der Waals surface area contributed by atoms with Gasteiger partial charge in [0.2, 0.25) is 11.8 Å². The Labute approximate surface area is 154 Å². The van der Waals surface area contributed by atoms with E-state index in [0.29, 0.717) is 12.6 Å². The second-order valence-electron chi connectivity index (χ2n) is 6.74. The molecule has 5 nitrogen and oxygen atoms in total.